The van der Waals surface area contributed by atoms with Crippen molar-refractivity contribution in [3.63, 3.8) is 0 Å². The first-order valence-electron chi connectivity index (χ1n) is 6.60. The van der Waals surface area contributed by atoms with Crippen LogP contribution in [0.5, 0.6) is 0 Å². The highest BCUT2D eigenvalue weighted by atomic mass is 35.5. The molecule has 0 saturated carbocycles. The number of methoxy groups -OCH3 is 1. The second kappa shape index (κ2) is 7.39. The number of ether oxygens (including phenoxy) is 1. The van der Waals surface area contributed by atoms with Crippen LogP contribution in [0.2, 0.25) is 5.02 Å². The number of hydrogen-bond acceptors (Lipinski definition) is 3. The molecule has 3 nitrogen and oxygen atoms in total. The fourth-order valence-electron chi connectivity index (χ4n) is 2.01. The lowest BCUT2D eigenvalue weighted by Gasteiger charge is -2.14. The summed E-state index contributed by atoms with van der Waals surface area (Å²) in [6, 6.07) is 12.4. The molecule has 0 spiro atoms. The highest BCUT2D eigenvalue weighted by Gasteiger charge is 2.06. The monoisotopic (exact) mass is 290 g/mol. The van der Waals surface area contributed by atoms with Gasteiger partial charge in [-0.3, -0.25) is 4.98 Å². The second-order valence-electron chi connectivity index (χ2n) is 4.76. The minimum Gasteiger partial charge on any atom is -0.380 e. The van der Waals surface area contributed by atoms with E-state index in [9.17, 15) is 0 Å². The predicted molar refractivity (Wildman–Crippen MR) is 81.7 cm³/mol. The van der Waals surface area contributed by atoms with Crippen molar-refractivity contribution in [1.82, 2.24) is 10.3 Å². The highest BCUT2D eigenvalue weighted by Crippen LogP contribution is 2.14. The van der Waals surface area contributed by atoms with Crippen molar-refractivity contribution in [2.24, 2.45) is 0 Å². The number of rotatable bonds is 6. The first kappa shape index (κ1) is 15.0. The van der Waals surface area contributed by atoms with Crippen molar-refractivity contribution in [1.29, 1.82) is 0 Å². The maximum Gasteiger partial charge on any atom is 0.0713 e. The molecule has 1 N–H and O–H groups in total. The summed E-state index contributed by atoms with van der Waals surface area (Å²) in [5, 5.41) is 4.12. The molecule has 1 unspecified atom stereocenters. The molecule has 2 rings (SSSR count). The molecular formula is C16H19ClN2O. The van der Waals surface area contributed by atoms with Crippen LogP contribution in [0.15, 0.2) is 42.6 Å². The predicted octanol–water partition coefficient (Wildman–Crippen LogP) is 3.73. The van der Waals surface area contributed by atoms with Crippen LogP contribution in [0.3, 0.4) is 0 Å². The van der Waals surface area contributed by atoms with Crippen LogP contribution in [-0.2, 0) is 17.9 Å². The average Bonchev–Trinajstić information content (AvgIpc) is 2.46. The Bertz CT molecular complexity index is 542. The first-order chi connectivity index (χ1) is 9.69. The number of hydrogen-bond donors (Lipinski definition) is 1. The lowest BCUT2D eigenvalue weighted by Crippen LogP contribution is -2.19. The van der Waals surface area contributed by atoms with Gasteiger partial charge in [-0.25, -0.2) is 0 Å². The minimum atomic E-state index is 0.179. The van der Waals surface area contributed by atoms with Crippen LogP contribution in [-0.4, -0.2) is 12.1 Å². The van der Waals surface area contributed by atoms with Gasteiger partial charge in [-0.1, -0.05) is 35.9 Å². The molecule has 1 heterocycles. The topological polar surface area (TPSA) is 34.1 Å². The third-order valence-corrected chi connectivity index (χ3v) is 3.33. The van der Waals surface area contributed by atoms with Crippen LogP contribution >= 0.6 is 11.6 Å². The third kappa shape index (κ3) is 4.30. The fourth-order valence-corrected chi connectivity index (χ4v) is 2.13. The zero-order valence-electron chi connectivity index (χ0n) is 11.8. The van der Waals surface area contributed by atoms with Gasteiger partial charge in [-0.2, -0.15) is 0 Å². The summed E-state index contributed by atoms with van der Waals surface area (Å²) in [6.07, 6.45) is 1.67. The molecule has 1 atom stereocenters. The van der Waals surface area contributed by atoms with Crippen LogP contribution in [0.4, 0.5) is 0 Å². The summed E-state index contributed by atoms with van der Waals surface area (Å²) in [6.45, 7) is 3.53. The van der Waals surface area contributed by atoms with Gasteiger partial charge in [0.1, 0.15) is 0 Å². The molecule has 0 aliphatic heterocycles. The van der Waals surface area contributed by atoms with E-state index in [0.29, 0.717) is 11.6 Å². The largest absolute Gasteiger partial charge is 0.380 e. The molecule has 1 aromatic carbocycles. The van der Waals surface area contributed by atoms with E-state index in [1.807, 2.05) is 12.1 Å². The fraction of sp³-hybridized carbons (Fsp3) is 0.312. The van der Waals surface area contributed by atoms with E-state index in [2.05, 4.69) is 41.5 Å². The minimum absolute atomic E-state index is 0.179. The Balaban J connectivity index is 1.94. The van der Waals surface area contributed by atoms with Crippen molar-refractivity contribution in [2.45, 2.75) is 26.1 Å². The zero-order chi connectivity index (χ0) is 14.4. The van der Waals surface area contributed by atoms with Gasteiger partial charge in [-0.05, 0) is 30.2 Å². The zero-order valence-corrected chi connectivity index (χ0v) is 12.5. The molecule has 4 heteroatoms. The number of halogens is 1. The van der Waals surface area contributed by atoms with Gasteiger partial charge in [0, 0.05) is 25.9 Å². The van der Waals surface area contributed by atoms with E-state index in [0.717, 1.165) is 12.2 Å². The van der Waals surface area contributed by atoms with E-state index in [4.69, 9.17) is 16.3 Å². The van der Waals surface area contributed by atoms with Crippen molar-refractivity contribution in [3.05, 3.63) is 64.4 Å². The highest BCUT2D eigenvalue weighted by molar-refractivity contribution is 6.30. The summed E-state index contributed by atoms with van der Waals surface area (Å²) in [5.41, 5.74) is 3.41. The number of benzene rings is 1. The van der Waals surface area contributed by atoms with Gasteiger partial charge < -0.3 is 10.1 Å². The normalized spacial score (nSPS) is 12.3. The molecule has 0 radical (unpaired) electrons. The van der Waals surface area contributed by atoms with Gasteiger partial charge in [0.25, 0.3) is 0 Å². The standard InChI is InChI=1S/C16H19ClN2O/c1-12(16-7-6-15(17)10-19-16)18-9-13-4-3-5-14(8-13)11-20-2/h3-8,10,12,18H,9,11H2,1-2H3. The molecule has 20 heavy (non-hydrogen) atoms. The molecular weight excluding hydrogens is 272 g/mol. The number of aromatic nitrogens is 1. The number of pyridine rings is 1. The van der Waals surface area contributed by atoms with E-state index >= 15 is 0 Å². The number of nitrogens with one attached hydrogen (secondary N) is 1. The quantitative estimate of drug-likeness (QED) is 0.880. The maximum atomic E-state index is 5.84. The summed E-state index contributed by atoms with van der Waals surface area (Å²) >= 11 is 5.84. The first-order valence-corrected chi connectivity index (χ1v) is 6.98. The molecule has 0 amide bonds. The van der Waals surface area contributed by atoms with Crippen molar-refractivity contribution in [3.8, 4) is 0 Å². The molecule has 0 saturated heterocycles. The third-order valence-electron chi connectivity index (χ3n) is 3.11. The van der Waals surface area contributed by atoms with E-state index < -0.39 is 0 Å². The van der Waals surface area contributed by atoms with Gasteiger partial charge >= 0.3 is 0 Å². The van der Waals surface area contributed by atoms with Crippen LogP contribution in [0.1, 0.15) is 29.8 Å². The smallest absolute Gasteiger partial charge is 0.0713 e. The Morgan fingerprint density at radius 1 is 1.25 bits per heavy atom. The van der Waals surface area contributed by atoms with E-state index in [-0.39, 0.29) is 6.04 Å². The summed E-state index contributed by atoms with van der Waals surface area (Å²) in [7, 11) is 1.71. The second-order valence-corrected chi connectivity index (χ2v) is 5.19. The van der Waals surface area contributed by atoms with Crippen LogP contribution < -0.4 is 5.32 Å². The Hall–Kier alpha value is -1.42. The summed E-state index contributed by atoms with van der Waals surface area (Å²) in [4.78, 5) is 4.32. The SMILES string of the molecule is COCc1cccc(CNC(C)c2ccc(Cl)cn2)c1. The molecule has 0 bridgehead atoms. The lowest BCUT2D eigenvalue weighted by atomic mass is 10.1. The number of nitrogens with zero attached hydrogens (tertiary/aromatic N) is 1. The molecule has 0 fully saturated rings. The summed E-state index contributed by atoms with van der Waals surface area (Å²) in [5.74, 6) is 0. The maximum absolute atomic E-state index is 5.84. The lowest BCUT2D eigenvalue weighted by molar-refractivity contribution is 0.185. The van der Waals surface area contributed by atoms with E-state index in [1.54, 1.807) is 13.3 Å². The van der Waals surface area contributed by atoms with Crippen LogP contribution in [0.25, 0.3) is 0 Å². The molecule has 2 aromatic rings. The Kier molecular flexibility index (Phi) is 5.53. The Labute approximate surface area is 124 Å². The van der Waals surface area contributed by atoms with E-state index in [1.165, 1.54) is 11.1 Å². The molecule has 0 aliphatic rings. The summed E-state index contributed by atoms with van der Waals surface area (Å²) < 4.78 is 5.15. The van der Waals surface area contributed by atoms with Crippen molar-refractivity contribution >= 4 is 11.6 Å². The molecule has 0 aliphatic carbocycles. The van der Waals surface area contributed by atoms with Gasteiger partial charge in [0.2, 0.25) is 0 Å². The van der Waals surface area contributed by atoms with Gasteiger partial charge in [-0.15, -0.1) is 0 Å². The van der Waals surface area contributed by atoms with Gasteiger partial charge in [0.15, 0.2) is 0 Å². The Morgan fingerprint density at radius 3 is 2.75 bits per heavy atom. The average molecular weight is 291 g/mol. The molecule has 1 aromatic heterocycles. The van der Waals surface area contributed by atoms with Crippen molar-refractivity contribution < 1.29 is 4.74 Å². The van der Waals surface area contributed by atoms with Crippen molar-refractivity contribution in [2.75, 3.05) is 7.11 Å². The van der Waals surface area contributed by atoms with Gasteiger partial charge in [0.05, 0.1) is 17.3 Å². The molecule has 106 valence electrons. The van der Waals surface area contributed by atoms with Crippen LogP contribution in [0, 0.1) is 0 Å². The Morgan fingerprint density at radius 2 is 2.05 bits per heavy atom.